The Balaban J connectivity index is 1.14. The number of Topliss-reactive ketones (excluding diaryl/α,β-unsaturated/α-hetero) is 1. The van der Waals surface area contributed by atoms with E-state index in [-0.39, 0.29) is 35.4 Å². The molecule has 3 aromatic carbocycles. The van der Waals surface area contributed by atoms with Crippen LogP contribution < -0.4 is 14.2 Å². The summed E-state index contributed by atoms with van der Waals surface area (Å²) in [6, 6.07) is 18.9. The van der Waals surface area contributed by atoms with Crippen LogP contribution in [0.4, 0.5) is 13.2 Å². The van der Waals surface area contributed by atoms with Gasteiger partial charge < -0.3 is 28.6 Å². The Kier molecular flexibility index (Phi) is 12.7. The smallest absolute Gasteiger partial charge is 0.416 e. The maximum absolute atomic E-state index is 14.0. The summed E-state index contributed by atoms with van der Waals surface area (Å²) >= 11 is 0. The third-order valence-electron chi connectivity index (χ3n) is 11.1. The first-order valence-corrected chi connectivity index (χ1v) is 18.9. The molecule has 0 spiro atoms. The minimum Gasteiger partial charge on any atom is -0.493 e. The number of carbonyl (C=O) groups excluding carboxylic acids is 2. The molecule has 4 aromatic rings. The molecule has 1 atom stereocenters. The number of methoxy groups -OCH3 is 3. The molecule has 0 saturated carbocycles. The van der Waals surface area contributed by atoms with Crippen LogP contribution in [0, 0.1) is 5.92 Å². The first kappa shape index (κ1) is 40.3. The molecule has 0 N–H and O–H groups in total. The van der Waals surface area contributed by atoms with Crippen molar-refractivity contribution >= 4 is 17.8 Å². The number of piperidine rings is 1. The van der Waals surface area contributed by atoms with E-state index >= 15 is 0 Å². The maximum atomic E-state index is 14.0. The molecular formula is C44H49F3N4O5. The van der Waals surface area contributed by atoms with Crippen molar-refractivity contribution in [2.24, 2.45) is 5.92 Å². The van der Waals surface area contributed by atoms with Crippen molar-refractivity contribution in [1.29, 1.82) is 0 Å². The fourth-order valence-electron chi connectivity index (χ4n) is 7.96. The number of allylic oxidation sites excluding steroid dienone is 3. The van der Waals surface area contributed by atoms with Gasteiger partial charge in [0.15, 0.2) is 17.3 Å². The second-order valence-corrected chi connectivity index (χ2v) is 14.4. The quantitative estimate of drug-likeness (QED) is 0.0942. The maximum Gasteiger partial charge on any atom is 0.416 e. The number of hydrogen-bond donors (Lipinski definition) is 0. The van der Waals surface area contributed by atoms with Gasteiger partial charge in [0.2, 0.25) is 11.5 Å². The summed E-state index contributed by atoms with van der Waals surface area (Å²) in [6.07, 6.45) is 7.40. The van der Waals surface area contributed by atoms with Gasteiger partial charge in [0.05, 0.1) is 38.8 Å². The van der Waals surface area contributed by atoms with Crippen molar-refractivity contribution in [3.8, 4) is 17.2 Å². The highest BCUT2D eigenvalue weighted by atomic mass is 19.4. The first-order valence-electron chi connectivity index (χ1n) is 18.9. The summed E-state index contributed by atoms with van der Waals surface area (Å²) in [6.45, 7) is 5.36. The normalized spacial score (nSPS) is 18.2. The predicted octanol–water partition coefficient (Wildman–Crippen LogP) is 8.33. The molecule has 0 bridgehead atoms. The molecule has 0 radical (unpaired) electrons. The fraction of sp³-hybridized carbons (Fsp3) is 0.386. The number of ether oxygens (including phenoxy) is 3. The molecular weight excluding hydrogens is 722 g/mol. The molecule has 56 heavy (non-hydrogen) atoms. The van der Waals surface area contributed by atoms with Gasteiger partial charge in [0, 0.05) is 36.5 Å². The second-order valence-electron chi connectivity index (χ2n) is 14.4. The lowest BCUT2D eigenvalue weighted by atomic mass is 9.76. The van der Waals surface area contributed by atoms with Crippen LogP contribution in [-0.4, -0.2) is 85.1 Å². The molecule has 1 aromatic heterocycles. The van der Waals surface area contributed by atoms with E-state index in [4.69, 9.17) is 14.2 Å². The van der Waals surface area contributed by atoms with Gasteiger partial charge in [-0.2, -0.15) is 13.2 Å². The third-order valence-corrected chi connectivity index (χ3v) is 11.1. The van der Waals surface area contributed by atoms with Gasteiger partial charge in [-0.15, -0.1) is 0 Å². The molecule has 12 heteroatoms. The molecule has 9 nitrogen and oxygen atoms in total. The molecule has 0 aliphatic carbocycles. The number of amides is 1. The van der Waals surface area contributed by atoms with Gasteiger partial charge in [-0.3, -0.25) is 9.59 Å². The Morgan fingerprint density at radius 3 is 2.27 bits per heavy atom. The van der Waals surface area contributed by atoms with Crippen LogP contribution in [0.2, 0.25) is 0 Å². The monoisotopic (exact) mass is 770 g/mol. The lowest BCUT2D eigenvalue weighted by Crippen LogP contribution is -2.41. The molecule has 1 amide bonds. The molecule has 2 fully saturated rings. The van der Waals surface area contributed by atoms with E-state index in [9.17, 15) is 22.8 Å². The number of aromatic nitrogens is 2. The van der Waals surface area contributed by atoms with Crippen LogP contribution in [0.1, 0.15) is 76.0 Å². The van der Waals surface area contributed by atoms with E-state index in [1.807, 2.05) is 54.3 Å². The van der Waals surface area contributed by atoms with E-state index in [1.165, 1.54) is 33.0 Å². The predicted molar refractivity (Wildman–Crippen MR) is 209 cm³/mol. The number of halogens is 3. The Morgan fingerprint density at radius 2 is 1.62 bits per heavy atom. The van der Waals surface area contributed by atoms with E-state index in [0.717, 1.165) is 44.6 Å². The SMILES string of the molecule is C/C=C\C=C/c1cnc(C(=O)C2CCN(CCC3(c4ccccc4)CCN(C(=O)c4cc(OC)c(OC)c(OC)c4)C3)CC2)n1Cc1cccc(C(F)(F)F)c1. The second kappa shape index (κ2) is 17.6. The summed E-state index contributed by atoms with van der Waals surface area (Å²) in [5.74, 6) is 1.07. The number of alkyl halides is 3. The number of nitrogens with zero attached hydrogens (tertiary/aromatic N) is 4. The summed E-state index contributed by atoms with van der Waals surface area (Å²) < 4.78 is 58.8. The van der Waals surface area contributed by atoms with Crippen LogP contribution in [0.25, 0.3) is 6.08 Å². The van der Waals surface area contributed by atoms with E-state index < -0.39 is 11.7 Å². The lowest BCUT2D eigenvalue weighted by Gasteiger charge is -2.36. The van der Waals surface area contributed by atoms with E-state index in [2.05, 4.69) is 22.0 Å². The van der Waals surface area contributed by atoms with Gasteiger partial charge in [0.1, 0.15) is 0 Å². The Bertz CT molecular complexity index is 2030. The van der Waals surface area contributed by atoms with Gasteiger partial charge in [-0.05, 0) is 93.7 Å². The van der Waals surface area contributed by atoms with Crippen molar-refractivity contribution < 1.29 is 37.0 Å². The van der Waals surface area contributed by atoms with Crippen LogP contribution in [-0.2, 0) is 18.1 Å². The summed E-state index contributed by atoms with van der Waals surface area (Å²) in [7, 11) is 4.59. The topological polar surface area (TPSA) is 86.1 Å². The number of benzene rings is 3. The number of likely N-dealkylation sites (tertiary alicyclic amines) is 2. The van der Waals surface area contributed by atoms with Crippen LogP contribution in [0.5, 0.6) is 17.2 Å². The summed E-state index contributed by atoms with van der Waals surface area (Å²) in [5.41, 5.74) is 1.75. The zero-order valence-electron chi connectivity index (χ0n) is 32.4. The van der Waals surface area contributed by atoms with Gasteiger partial charge in [-0.1, -0.05) is 60.7 Å². The van der Waals surface area contributed by atoms with Crippen LogP contribution >= 0.6 is 0 Å². The van der Waals surface area contributed by atoms with Crippen molar-refractivity contribution in [1.82, 2.24) is 19.4 Å². The zero-order valence-corrected chi connectivity index (χ0v) is 32.4. The Labute approximate surface area is 326 Å². The molecule has 3 heterocycles. The van der Waals surface area contributed by atoms with Gasteiger partial charge >= 0.3 is 6.18 Å². The summed E-state index contributed by atoms with van der Waals surface area (Å²) in [5, 5.41) is 0. The number of imidazole rings is 1. The van der Waals surface area contributed by atoms with Crippen LogP contribution in [0.15, 0.2) is 91.2 Å². The Morgan fingerprint density at radius 1 is 0.911 bits per heavy atom. The van der Waals surface area contributed by atoms with Gasteiger partial charge in [-0.25, -0.2) is 4.98 Å². The number of ketones is 1. The number of rotatable bonds is 14. The standard InChI is InChI=1S/C44H49F3N4O5/c1-5-6-8-16-36-28-48-41(51(36)29-31-12-11-15-35(25-31)44(45,46)47)39(52)32-17-21-49(22-18-32)23-19-43(34-13-9-7-10-14-34)20-24-50(30-43)42(53)33-26-37(54-2)40(56-4)38(27-33)55-3/h5-16,25-28,32H,17-24,29-30H2,1-4H3/b6-5-,16-8-. The summed E-state index contributed by atoms with van der Waals surface area (Å²) in [4.78, 5) is 36.8. The van der Waals surface area contributed by atoms with E-state index in [0.29, 0.717) is 60.0 Å². The molecule has 296 valence electrons. The largest absolute Gasteiger partial charge is 0.493 e. The van der Waals surface area contributed by atoms with Gasteiger partial charge in [0.25, 0.3) is 5.91 Å². The molecule has 2 aliphatic heterocycles. The molecule has 1 unspecified atom stereocenters. The minimum absolute atomic E-state index is 0.0833. The third kappa shape index (κ3) is 8.86. The highest BCUT2D eigenvalue weighted by Crippen LogP contribution is 2.42. The first-order chi connectivity index (χ1) is 27.0. The van der Waals surface area contributed by atoms with Crippen molar-refractivity contribution in [2.45, 2.75) is 50.7 Å². The minimum atomic E-state index is -4.47. The van der Waals surface area contributed by atoms with Crippen molar-refractivity contribution in [3.63, 3.8) is 0 Å². The van der Waals surface area contributed by atoms with Crippen molar-refractivity contribution in [2.75, 3.05) is 54.1 Å². The average molecular weight is 771 g/mol. The lowest BCUT2D eigenvalue weighted by molar-refractivity contribution is -0.137. The number of carbonyl (C=O) groups is 2. The average Bonchev–Trinajstić information content (AvgIpc) is 3.84. The van der Waals surface area contributed by atoms with E-state index in [1.54, 1.807) is 29.0 Å². The number of hydrogen-bond acceptors (Lipinski definition) is 7. The zero-order chi connectivity index (χ0) is 39.9. The molecule has 6 rings (SSSR count). The molecule has 2 saturated heterocycles. The fourth-order valence-corrected chi connectivity index (χ4v) is 7.96. The molecule has 2 aliphatic rings. The van der Waals surface area contributed by atoms with Crippen LogP contribution in [0.3, 0.4) is 0 Å². The van der Waals surface area contributed by atoms with Crippen molar-refractivity contribution in [3.05, 3.63) is 125 Å². The highest BCUT2D eigenvalue weighted by molar-refractivity contribution is 5.96. The Hall–Kier alpha value is -5.36. The highest BCUT2D eigenvalue weighted by Gasteiger charge is 2.42.